The Bertz CT molecular complexity index is 493. The lowest BCUT2D eigenvalue weighted by atomic mass is 9.70. The number of hydroxylamine groups is 2. The number of benzene rings is 1. The normalized spacial score (nSPS) is 22.0. The number of nitrogens with zero attached hydrogens (tertiary/aromatic N) is 1. The van der Waals surface area contributed by atoms with Gasteiger partial charge in [-0.2, -0.15) is 0 Å². The van der Waals surface area contributed by atoms with Gasteiger partial charge in [-0.05, 0) is 30.4 Å². The van der Waals surface area contributed by atoms with E-state index < -0.39 is 0 Å². The van der Waals surface area contributed by atoms with Crippen molar-refractivity contribution in [3.05, 3.63) is 35.4 Å². The lowest BCUT2D eigenvalue weighted by Crippen LogP contribution is -2.44. The monoisotopic (exact) mass is 245 g/mol. The highest BCUT2D eigenvalue weighted by atomic mass is 16.7. The number of hydrogen-bond acceptors (Lipinski definition) is 3. The molecule has 0 unspecified atom stereocenters. The Morgan fingerprint density at radius 1 is 1.11 bits per heavy atom. The van der Waals surface area contributed by atoms with Crippen molar-refractivity contribution in [1.29, 1.82) is 0 Å². The van der Waals surface area contributed by atoms with Gasteiger partial charge in [0.1, 0.15) is 0 Å². The fourth-order valence-electron chi connectivity index (χ4n) is 2.66. The number of rotatable bonds is 2. The molecule has 2 aliphatic rings. The molecule has 94 valence electrons. The van der Waals surface area contributed by atoms with E-state index in [0.29, 0.717) is 11.1 Å². The third-order valence-corrected chi connectivity index (χ3v) is 3.57. The van der Waals surface area contributed by atoms with E-state index in [4.69, 9.17) is 4.84 Å². The third kappa shape index (κ3) is 1.64. The van der Waals surface area contributed by atoms with Crippen molar-refractivity contribution in [1.82, 2.24) is 5.06 Å². The summed E-state index contributed by atoms with van der Waals surface area (Å²) >= 11 is 0. The van der Waals surface area contributed by atoms with Crippen molar-refractivity contribution in [2.24, 2.45) is 5.41 Å². The Kier molecular flexibility index (Phi) is 2.32. The average molecular weight is 245 g/mol. The smallest absolute Gasteiger partial charge is 0.266 e. The fraction of sp³-hybridized carbons (Fsp3) is 0.429. The molecule has 1 aliphatic heterocycles. The van der Waals surface area contributed by atoms with Crippen molar-refractivity contribution in [2.45, 2.75) is 32.8 Å². The second kappa shape index (κ2) is 3.65. The molecule has 0 saturated heterocycles. The Morgan fingerprint density at radius 3 is 2.06 bits per heavy atom. The topological polar surface area (TPSA) is 46.6 Å². The van der Waals surface area contributed by atoms with Crippen LogP contribution in [0.1, 0.15) is 47.4 Å². The van der Waals surface area contributed by atoms with Crippen molar-refractivity contribution < 1.29 is 14.4 Å². The predicted octanol–water partition coefficient (Wildman–Crippen LogP) is 2.40. The molecule has 0 N–H and O–H groups in total. The summed E-state index contributed by atoms with van der Waals surface area (Å²) in [4.78, 5) is 29.6. The second-order valence-electron chi connectivity index (χ2n) is 5.75. The van der Waals surface area contributed by atoms with Gasteiger partial charge in [-0.3, -0.25) is 14.4 Å². The quantitative estimate of drug-likeness (QED) is 0.752. The standard InChI is InChI=1S/C14H15NO3/c1-14(2)7-9(8-14)18-15-12(16)10-5-3-4-6-11(10)13(15)17/h3-6,9H,7-8H2,1-2H3. The number of fused-ring (bicyclic) bond motifs is 1. The molecule has 18 heavy (non-hydrogen) atoms. The summed E-state index contributed by atoms with van der Waals surface area (Å²) in [7, 11) is 0. The van der Waals surface area contributed by atoms with Crippen LogP contribution in [0.25, 0.3) is 0 Å². The van der Waals surface area contributed by atoms with E-state index in [9.17, 15) is 9.59 Å². The molecule has 2 amide bonds. The molecule has 4 nitrogen and oxygen atoms in total. The summed E-state index contributed by atoms with van der Waals surface area (Å²) in [6.45, 7) is 4.30. The zero-order valence-electron chi connectivity index (χ0n) is 10.5. The van der Waals surface area contributed by atoms with Gasteiger partial charge in [-0.25, -0.2) is 0 Å². The number of amides is 2. The first-order valence-electron chi connectivity index (χ1n) is 6.12. The van der Waals surface area contributed by atoms with Gasteiger partial charge in [-0.1, -0.05) is 26.0 Å². The summed E-state index contributed by atoms with van der Waals surface area (Å²) < 4.78 is 0. The molecule has 0 aromatic heterocycles. The summed E-state index contributed by atoms with van der Waals surface area (Å²) in [6, 6.07) is 6.81. The lowest BCUT2D eigenvalue weighted by molar-refractivity contribution is -0.183. The molecule has 1 saturated carbocycles. The first-order valence-corrected chi connectivity index (χ1v) is 6.12. The molecule has 1 aromatic rings. The first kappa shape index (κ1) is 11.4. The Balaban J connectivity index is 1.77. The van der Waals surface area contributed by atoms with E-state index in [-0.39, 0.29) is 23.3 Å². The molecule has 0 spiro atoms. The van der Waals surface area contributed by atoms with Gasteiger partial charge >= 0.3 is 0 Å². The van der Waals surface area contributed by atoms with Crippen LogP contribution in [0.15, 0.2) is 24.3 Å². The fourth-order valence-corrected chi connectivity index (χ4v) is 2.66. The van der Waals surface area contributed by atoms with E-state index in [1.165, 1.54) is 0 Å². The number of hydrogen-bond donors (Lipinski definition) is 0. The maximum absolute atomic E-state index is 12.0. The van der Waals surface area contributed by atoms with Crippen molar-refractivity contribution >= 4 is 11.8 Å². The molecular weight excluding hydrogens is 230 g/mol. The average Bonchev–Trinajstić information content (AvgIpc) is 2.53. The van der Waals surface area contributed by atoms with Gasteiger partial charge in [0.15, 0.2) is 0 Å². The zero-order chi connectivity index (χ0) is 12.9. The van der Waals surface area contributed by atoms with Crippen LogP contribution in [0.4, 0.5) is 0 Å². The number of carbonyl (C=O) groups is 2. The second-order valence-corrected chi connectivity index (χ2v) is 5.75. The zero-order valence-corrected chi connectivity index (χ0v) is 10.5. The van der Waals surface area contributed by atoms with Crippen LogP contribution in [-0.2, 0) is 4.84 Å². The molecule has 0 radical (unpaired) electrons. The lowest BCUT2D eigenvalue weighted by Gasteiger charge is -2.42. The molecule has 3 rings (SSSR count). The predicted molar refractivity (Wildman–Crippen MR) is 64.8 cm³/mol. The summed E-state index contributed by atoms with van der Waals surface area (Å²) in [5.74, 6) is -0.694. The Labute approximate surface area is 105 Å². The highest BCUT2D eigenvalue weighted by Crippen LogP contribution is 2.42. The summed E-state index contributed by atoms with van der Waals surface area (Å²) in [5, 5.41) is 0.921. The molecular formula is C14H15NO3. The molecule has 1 aromatic carbocycles. The van der Waals surface area contributed by atoms with Gasteiger partial charge in [-0.15, -0.1) is 5.06 Å². The van der Waals surface area contributed by atoms with Crippen molar-refractivity contribution in [3.63, 3.8) is 0 Å². The first-order chi connectivity index (χ1) is 8.48. The van der Waals surface area contributed by atoms with E-state index in [1.54, 1.807) is 24.3 Å². The van der Waals surface area contributed by atoms with Crippen LogP contribution >= 0.6 is 0 Å². The van der Waals surface area contributed by atoms with Gasteiger partial charge in [0.25, 0.3) is 11.8 Å². The van der Waals surface area contributed by atoms with E-state index >= 15 is 0 Å². The molecule has 1 fully saturated rings. The van der Waals surface area contributed by atoms with E-state index in [0.717, 1.165) is 17.9 Å². The van der Waals surface area contributed by atoms with Crippen molar-refractivity contribution in [2.75, 3.05) is 0 Å². The van der Waals surface area contributed by atoms with Gasteiger partial charge < -0.3 is 0 Å². The third-order valence-electron chi connectivity index (χ3n) is 3.57. The van der Waals surface area contributed by atoms with Gasteiger partial charge in [0.05, 0.1) is 17.2 Å². The number of carbonyl (C=O) groups excluding carboxylic acids is 2. The van der Waals surface area contributed by atoms with Gasteiger partial charge in [0.2, 0.25) is 0 Å². The highest BCUT2D eigenvalue weighted by Gasteiger charge is 2.43. The Morgan fingerprint density at radius 2 is 1.61 bits per heavy atom. The van der Waals surface area contributed by atoms with Crippen LogP contribution in [-0.4, -0.2) is 23.0 Å². The van der Waals surface area contributed by atoms with Crippen LogP contribution < -0.4 is 0 Å². The molecule has 4 heteroatoms. The van der Waals surface area contributed by atoms with Crippen LogP contribution in [0.3, 0.4) is 0 Å². The van der Waals surface area contributed by atoms with Crippen LogP contribution in [0.2, 0.25) is 0 Å². The minimum absolute atomic E-state index is 0.0257. The maximum atomic E-state index is 12.0. The summed E-state index contributed by atoms with van der Waals surface area (Å²) in [6.07, 6.45) is 1.73. The van der Waals surface area contributed by atoms with E-state index in [1.807, 2.05) is 0 Å². The molecule has 0 atom stereocenters. The highest BCUT2D eigenvalue weighted by molar-refractivity contribution is 6.20. The SMILES string of the molecule is CC1(C)CC(ON2C(=O)c3ccccc3C2=O)C1. The molecule has 0 bridgehead atoms. The van der Waals surface area contributed by atoms with E-state index in [2.05, 4.69) is 13.8 Å². The molecule has 1 aliphatic carbocycles. The van der Waals surface area contributed by atoms with Gasteiger partial charge in [0, 0.05) is 0 Å². The van der Waals surface area contributed by atoms with Crippen LogP contribution in [0.5, 0.6) is 0 Å². The van der Waals surface area contributed by atoms with Crippen LogP contribution in [0, 0.1) is 5.41 Å². The summed E-state index contributed by atoms with van der Waals surface area (Å²) in [5.41, 5.74) is 1.12. The maximum Gasteiger partial charge on any atom is 0.285 e. The minimum atomic E-state index is -0.347. The Hall–Kier alpha value is -1.68. The number of imide groups is 1. The molecule has 1 heterocycles. The van der Waals surface area contributed by atoms with Crippen molar-refractivity contribution in [3.8, 4) is 0 Å². The minimum Gasteiger partial charge on any atom is -0.266 e. The largest absolute Gasteiger partial charge is 0.285 e.